The molecule has 1 aliphatic carbocycles. The second kappa shape index (κ2) is 10.3. The standard InChI is InChI=1S/C28H30N8O2/c1-35-8-10-36(11-9-35)17-23-14-21(6-7-30-23)31-28(38)26-24-13-19(4-5-25(24)33-34-26)20-12-22(16-29-15-20)32-27(37)18-2-3-18/h4-7,12-16,18H,2-3,8-11,17H2,1H3,(H,32,37)(H,33,34)(H,30,31,38). The number of rotatable bonds is 7. The lowest BCUT2D eigenvalue weighted by Crippen LogP contribution is -2.44. The molecule has 3 N–H and O–H groups in total. The summed E-state index contributed by atoms with van der Waals surface area (Å²) in [6.45, 7) is 4.84. The zero-order chi connectivity index (χ0) is 26.1. The van der Waals surface area contributed by atoms with Crippen LogP contribution in [-0.2, 0) is 11.3 Å². The third kappa shape index (κ3) is 5.41. The van der Waals surface area contributed by atoms with E-state index in [1.54, 1.807) is 24.7 Å². The van der Waals surface area contributed by atoms with Gasteiger partial charge in [0.25, 0.3) is 5.91 Å². The summed E-state index contributed by atoms with van der Waals surface area (Å²) in [5.41, 5.74) is 5.06. The molecular weight excluding hydrogens is 480 g/mol. The van der Waals surface area contributed by atoms with Crippen LogP contribution in [0.25, 0.3) is 22.0 Å². The summed E-state index contributed by atoms with van der Waals surface area (Å²) in [4.78, 5) is 38.9. The van der Waals surface area contributed by atoms with Gasteiger partial charge in [-0.3, -0.25) is 29.6 Å². The molecule has 0 unspecified atom stereocenters. The second-order valence-electron chi connectivity index (χ2n) is 10.1. The van der Waals surface area contributed by atoms with Gasteiger partial charge in [-0.1, -0.05) is 6.07 Å². The highest BCUT2D eigenvalue weighted by atomic mass is 16.2. The lowest BCUT2D eigenvalue weighted by Gasteiger charge is -2.32. The van der Waals surface area contributed by atoms with Crippen molar-refractivity contribution < 1.29 is 9.59 Å². The highest BCUT2D eigenvalue weighted by Gasteiger charge is 2.29. The first kappa shape index (κ1) is 24.2. The van der Waals surface area contributed by atoms with E-state index in [0.717, 1.165) is 67.9 Å². The third-order valence-electron chi connectivity index (χ3n) is 7.12. The van der Waals surface area contributed by atoms with E-state index in [0.29, 0.717) is 22.5 Å². The third-order valence-corrected chi connectivity index (χ3v) is 7.12. The van der Waals surface area contributed by atoms with Gasteiger partial charge in [0.2, 0.25) is 5.91 Å². The Morgan fingerprint density at radius 3 is 2.63 bits per heavy atom. The largest absolute Gasteiger partial charge is 0.324 e. The molecule has 4 aromatic rings. The van der Waals surface area contributed by atoms with E-state index in [1.165, 1.54) is 0 Å². The first-order chi connectivity index (χ1) is 18.5. The molecule has 6 rings (SSSR count). The van der Waals surface area contributed by atoms with Crippen molar-refractivity contribution in [1.82, 2.24) is 30.0 Å². The molecule has 0 bridgehead atoms. The molecule has 1 saturated carbocycles. The molecule has 0 spiro atoms. The fourth-order valence-corrected chi connectivity index (χ4v) is 4.69. The Balaban J connectivity index is 1.18. The molecule has 0 radical (unpaired) electrons. The van der Waals surface area contributed by atoms with Gasteiger partial charge < -0.3 is 15.5 Å². The molecule has 1 aliphatic heterocycles. The Labute approximate surface area is 220 Å². The summed E-state index contributed by atoms with van der Waals surface area (Å²) < 4.78 is 0. The number of likely N-dealkylation sites (N-methyl/N-ethyl adjacent to an activating group) is 1. The van der Waals surface area contributed by atoms with Crippen LogP contribution in [0.1, 0.15) is 29.0 Å². The summed E-state index contributed by atoms with van der Waals surface area (Å²) in [5.74, 6) is -0.144. The van der Waals surface area contributed by atoms with Crippen molar-refractivity contribution in [3.05, 3.63) is 66.4 Å². The molecule has 2 fully saturated rings. The minimum absolute atomic E-state index is 0.0380. The molecule has 10 nitrogen and oxygen atoms in total. The minimum atomic E-state index is -0.297. The average Bonchev–Trinajstić information content (AvgIpc) is 3.69. The van der Waals surface area contributed by atoms with E-state index in [2.05, 4.69) is 47.6 Å². The number of aromatic amines is 1. The average molecular weight is 511 g/mol. The van der Waals surface area contributed by atoms with Crippen molar-refractivity contribution in [2.45, 2.75) is 19.4 Å². The fourth-order valence-electron chi connectivity index (χ4n) is 4.69. The number of fused-ring (bicyclic) bond motifs is 1. The quantitative estimate of drug-likeness (QED) is 0.349. The van der Waals surface area contributed by atoms with Crippen molar-refractivity contribution in [2.24, 2.45) is 5.92 Å². The van der Waals surface area contributed by atoms with Gasteiger partial charge in [0.1, 0.15) is 0 Å². The first-order valence-corrected chi connectivity index (χ1v) is 12.9. The van der Waals surface area contributed by atoms with Crippen LogP contribution in [0.5, 0.6) is 0 Å². The Hall–Kier alpha value is -4.15. The number of nitrogens with one attached hydrogen (secondary N) is 3. The summed E-state index contributed by atoms with van der Waals surface area (Å²) in [5, 5.41) is 13.9. The number of pyridine rings is 2. The smallest absolute Gasteiger partial charge is 0.276 e. The van der Waals surface area contributed by atoms with Gasteiger partial charge in [-0.25, -0.2) is 0 Å². The van der Waals surface area contributed by atoms with Crippen LogP contribution in [0.4, 0.5) is 11.4 Å². The van der Waals surface area contributed by atoms with Crippen LogP contribution >= 0.6 is 0 Å². The maximum absolute atomic E-state index is 13.2. The SMILES string of the molecule is CN1CCN(Cc2cc(NC(=O)c3n[nH]c4ccc(-c5cncc(NC(=O)C6CC6)c5)cc34)ccn2)CC1. The number of carbonyl (C=O) groups excluding carboxylic acids is 2. The topological polar surface area (TPSA) is 119 Å². The molecule has 4 heterocycles. The summed E-state index contributed by atoms with van der Waals surface area (Å²) in [6.07, 6.45) is 7.00. The van der Waals surface area contributed by atoms with Gasteiger partial charge >= 0.3 is 0 Å². The van der Waals surface area contributed by atoms with E-state index in [1.807, 2.05) is 30.3 Å². The molecular formula is C28H30N8O2. The Bertz CT molecular complexity index is 1490. The van der Waals surface area contributed by atoms with Crippen LogP contribution in [-0.4, -0.2) is 75.0 Å². The van der Waals surface area contributed by atoms with Gasteiger partial charge in [-0.05, 0) is 55.8 Å². The van der Waals surface area contributed by atoms with Crippen molar-refractivity contribution in [1.29, 1.82) is 0 Å². The molecule has 1 saturated heterocycles. The van der Waals surface area contributed by atoms with Gasteiger partial charge in [0.15, 0.2) is 5.69 Å². The summed E-state index contributed by atoms with van der Waals surface area (Å²) in [6, 6.07) is 11.4. The van der Waals surface area contributed by atoms with Crippen molar-refractivity contribution >= 4 is 34.1 Å². The summed E-state index contributed by atoms with van der Waals surface area (Å²) >= 11 is 0. The number of carbonyl (C=O) groups is 2. The molecule has 3 aromatic heterocycles. The van der Waals surface area contributed by atoms with E-state index in [4.69, 9.17) is 0 Å². The molecule has 10 heteroatoms. The second-order valence-corrected chi connectivity index (χ2v) is 10.1. The Morgan fingerprint density at radius 1 is 0.974 bits per heavy atom. The summed E-state index contributed by atoms with van der Waals surface area (Å²) in [7, 11) is 2.14. The zero-order valence-electron chi connectivity index (χ0n) is 21.3. The predicted octanol–water partition coefficient (Wildman–Crippen LogP) is 3.37. The van der Waals surface area contributed by atoms with E-state index in [9.17, 15) is 9.59 Å². The highest BCUT2D eigenvalue weighted by molar-refractivity contribution is 6.11. The van der Waals surface area contributed by atoms with E-state index < -0.39 is 0 Å². The number of piperazine rings is 1. The van der Waals surface area contributed by atoms with Crippen LogP contribution in [0.2, 0.25) is 0 Å². The molecule has 2 aliphatic rings. The van der Waals surface area contributed by atoms with Gasteiger partial charge in [-0.15, -0.1) is 0 Å². The number of nitrogens with zero attached hydrogens (tertiary/aromatic N) is 5. The molecule has 38 heavy (non-hydrogen) atoms. The monoisotopic (exact) mass is 510 g/mol. The van der Waals surface area contributed by atoms with Gasteiger partial charge in [-0.2, -0.15) is 5.10 Å². The van der Waals surface area contributed by atoms with Crippen molar-refractivity contribution in [3.8, 4) is 11.1 Å². The van der Waals surface area contributed by atoms with Crippen molar-refractivity contribution in [2.75, 3.05) is 43.9 Å². The van der Waals surface area contributed by atoms with Crippen LogP contribution < -0.4 is 10.6 Å². The zero-order valence-corrected chi connectivity index (χ0v) is 21.3. The maximum Gasteiger partial charge on any atom is 0.276 e. The molecule has 0 atom stereocenters. The number of amides is 2. The highest BCUT2D eigenvalue weighted by Crippen LogP contribution is 2.31. The Kier molecular flexibility index (Phi) is 6.57. The predicted molar refractivity (Wildman–Crippen MR) is 146 cm³/mol. The van der Waals surface area contributed by atoms with Crippen LogP contribution in [0.15, 0.2) is 55.0 Å². The number of benzene rings is 1. The number of aromatic nitrogens is 4. The first-order valence-electron chi connectivity index (χ1n) is 12.9. The Morgan fingerprint density at radius 2 is 1.82 bits per heavy atom. The minimum Gasteiger partial charge on any atom is -0.324 e. The van der Waals surface area contributed by atoms with Gasteiger partial charge in [0, 0.05) is 67.7 Å². The molecule has 194 valence electrons. The lowest BCUT2D eigenvalue weighted by molar-refractivity contribution is -0.117. The van der Waals surface area contributed by atoms with Crippen LogP contribution in [0.3, 0.4) is 0 Å². The fraction of sp³-hybridized carbons (Fsp3) is 0.321. The maximum atomic E-state index is 13.2. The van der Waals surface area contributed by atoms with E-state index >= 15 is 0 Å². The molecule has 2 amide bonds. The number of hydrogen-bond acceptors (Lipinski definition) is 7. The number of H-pyrrole nitrogens is 1. The van der Waals surface area contributed by atoms with Gasteiger partial charge in [0.05, 0.1) is 23.1 Å². The van der Waals surface area contributed by atoms with Crippen LogP contribution in [0, 0.1) is 5.92 Å². The van der Waals surface area contributed by atoms with Crippen molar-refractivity contribution in [3.63, 3.8) is 0 Å². The number of hydrogen-bond donors (Lipinski definition) is 3. The lowest BCUT2D eigenvalue weighted by atomic mass is 10.0. The molecule has 1 aromatic carbocycles. The normalized spacial score (nSPS) is 16.4. The van der Waals surface area contributed by atoms with E-state index in [-0.39, 0.29) is 17.7 Å². The number of anilines is 2.